The van der Waals surface area contributed by atoms with Gasteiger partial charge in [0.05, 0.1) is 7.11 Å². The first-order valence-corrected chi connectivity index (χ1v) is 6.81. The number of hydrazine groups is 1. The molecule has 0 saturated carbocycles. The number of hydrogen-bond donors (Lipinski definition) is 3. The van der Waals surface area contributed by atoms with Crippen LogP contribution in [0.5, 0.6) is 5.75 Å². The molecule has 0 aliphatic carbocycles. The third-order valence-electron chi connectivity index (χ3n) is 2.30. The third-order valence-corrected chi connectivity index (χ3v) is 3.50. The van der Waals surface area contributed by atoms with Gasteiger partial charge in [-0.3, -0.25) is 0 Å². The highest BCUT2D eigenvalue weighted by Gasteiger charge is 2.08. The van der Waals surface area contributed by atoms with E-state index in [4.69, 9.17) is 10.6 Å². The molecule has 8 heteroatoms. The van der Waals surface area contributed by atoms with Gasteiger partial charge in [0.25, 0.3) is 0 Å². The Kier molecular flexibility index (Phi) is 4.56. The summed E-state index contributed by atoms with van der Waals surface area (Å²) in [5.41, 5.74) is 3.31. The van der Waals surface area contributed by atoms with E-state index in [9.17, 15) is 0 Å². The fourth-order valence-corrected chi connectivity index (χ4v) is 2.34. The quantitative estimate of drug-likeness (QED) is 0.551. The standard InChI is InChI=1S/C11H11Br2N5O/c1-19-8-3-6(12)2-7(4-8)17-10-9(13)11(18-14)16-5-15-10/h2-5H,14H2,1H3,(H2,15,16,17,18). The van der Waals surface area contributed by atoms with Gasteiger partial charge in [-0.25, -0.2) is 15.8 Å². The highest BCUT2D eigenvalue weighted by atomic mass is 79.9. The first-order valence-electron chi connectivity index (χ1n) is 5.22. The first kappa shape index (κ1) is 14.0. The van der Waals surface area contributed by atoms with Crippen LogP contribution in [0.1, 0.15) is 0 Å². The molecule has 0 aliphatic heterocycles. The molecule has 0 amide bonds. The molecule has 2 rings (SSSR count). The van der Waals surface area contributed by atoms with E-state index < -0.39 is 0 Å². The van der Waals surface area contributed by atoms with E-state index in [1.165, 1.54) is 6.33 Å². The van der Waals surface area contributed by atoms with Crippen LogP contribution < -0.4 is 21.3 Å². The summed E-state index contributed by atoms with van der Waals surface area (Å²) >= 11 is 6.80. The molecule has 100 valence electrons. The number of nitrogens with zero attached hydrogens (tertiary/aromatic N) is 2. The van der Waals surface area contributed by atoms with Gasteiger partial charge in [-0.05, 0) is 28.1 Å². The number of benzene rings is 1. The summed E-state index contributed by atoms with van der Waals surface area (Å²) in [6, 6.07) is 5.63. The zero-order valence-electron chi connectivity index (χ0n) is 9.95. The molecule has 1 heterocycles. The number of halogens is 2. The predicted molar refractivity (Wildman–Crippen MR) is 81.5 cm³/mol. The lowest BCUT2D eigenvalue weighted by molar-refractivity contribution is 0.415. The highest BCUT2D eigenvalue weighted by Crippen LogP contribution is 2.31. The summed E-state index contributed by atoms with van der Waals surface area (Å²) in [4.78, 5) is 8.13. The van der Waals surface area contributed by atoms with Crippen molar-refractivity contribution >= 4 is 49.2 Å². The second-order valence-corrected chi connectivity index (χ2v) is 5.24. The molecule has 0 saturated heterocycles. The maximum atomic E-state index is 5.36. The Labute approximate surface area is 127 Å². The Morgan fingerprint density at radius 3 is 2.58 bits per heavy atom. The van der Waals surface area contributed by atoms with Crippen molar-refractivity contribution in [2.75, 3.05) is 17.9 Å². The van der Waals surface area contributed by atoms with E-state index >= 15 is 0 Å². The molecule has 19 heavy (non-hydrogen) atoms. The van der Waals surface area contributed by atoms with Crippen molar-refractivity contribution in [3.05, 3.63) is 33.5 Å². The van der Waals surface area contributed by atoms with Crippen LogP contribution in [0.2, 0.25) is 0 Å². The van der Waals surface area contributed by atoms with E-state index in [0.29, 0.717) is 16.1 Å². The molecule has 0 aliphatic rings. The Bertz CT molecular complexity index is 593. The molecule has 0 fully saturated rings. The number of nitrogens with two attached hydrogens (primary N) is 1. The number of hydrogen-bond acceptors (Lipinski definition) is 6. The van der Waals surface area contributed by atoms with Crippen molar-refractivity contribution in [2.24, 2.45) is 5.84 Å². The molecule has 0 unspecified atom stereocenters. The average Bonchev–Trinajstić information content (AvgIpc) is 2.40. The lowest BCUT2D eigenvalue weighted by atomic mass is 10.3. The van der Waals surface area contributed by atoms with Crippen molar-refractivity contribution in [1.82, 2.24) is 9.97 Å². The summed E-state index contributed by atoms with van der Waals surface area (Å²) < 4.78 is 6.75. The SMILES string of the molecule is COc1cc(Br)cc(Nc2ncnc(NN)c2Br)c1. The van der Waals surface area contributed by atoms with Gasteiger partial charge in [-0.15, -0.1) is 0 Å². The summed E-state index contributed by atoms with van der Waals surface area (Å²) in [7, 11) is 1.61. The zero-order chi connectivity index (χ0) is 13.8. The Morgan fingerprint density at radius 1 is 1.16 bits per heavy atom. The number of rotatable bonds is 4. The van der Waals surface area contributed by atoms with E-state index in [0.717, 1.165) is 15.9 Å². The maximum absolute atomic E-state index is 5.36. The van der Waals surface area contributed by atoms with Gasteiger partial charge in [0.15, 0.2) is 5.82 Å². The van der Waals surface area contributed by atoms with Crippen molar-refractivity contribution in [3.63, 3.8) is 0 Å². The molecule has 0 bridgehead atoms. The van der Waals surface area contributed by atoms with Crippen LogP contribution >= 0.6 is 31.9 Å². The van der Waals surface area contributed by atoms with E-state index in [1.807, 2.05) is 18.2 Å². The smallest absolute Gasteiger partial charge is 0.159 e. The minimum atomic E-state index is 0.500. The van der Waals surface area contributed by atoms with Crippen LogP contribution in [0.25, 0.3) is 0 Å². The Balaban J connectivity index is 2.33. The fourth-order valence-electron chi connectivity index (χ4n) is 1.45. The van der Waals surface area contributed by atoms with Crippen molar-refractivity contribution < 1.29 is 4.74 Å². The first-order chi connectivity index (χ1) is 9.13. The second-order valence-electron chi connectivity index (χ2n) is 3.53. The molecular weight excluding hydrogens is 378 g/mol. The van der Waals surface area contributed by atoms with Gasteiger partial charge in [-0.2, -0.15) is 0 Å². The van der Waals surface area contributed by atoms with Crippen molar-refractivity contribution in [2.45, 2.75) is 0 Å². The molecule has 1 aromatic heterocycles. The number of nitrogens with one attached hydrogen (secondary N) is 2. The average molecular weight is 389 g/mol. The monoisotopic (exact) mass is 387 g/mol. The fraction of sp³-hybridized carbons (Fsp3) is 0.0909. The number of methoxy groups -OCH3 is 1. The largest absolute Gasteiger partial charge is 0.497 e. The van der Waals surface area contributed by atoms with Gasteiger partial charge in [0.1, 0.15) is 22.4 Å². The van der Waals surface area contributed by atoms with E-state index in [-0.39, 0.29) is 0 Å². The molecule has 4 N–H and O–H groups in total. The normalized spacial score (nSPS) is 10.1. The van der Waals surface area contributed by atoms with Crippen molar-refractivity contribution in [3.8, 4) is 5.75 Å². The summed E-state index contributed by atoms with van der Waals surface area (Å²) in [6.45, 7) is 0. The van der Waals surface area contributed by atoms with Crippen LogP contribution in [0, 0.1) is 0 Å². The van der Waals surface area contributed by atoms with Crippen LogP contribution in [0.4, 0.5) is 17.3 Å². The lowest BCUT2D eigenvalue weighted by Crippen LogP contribution is -2.10. The van der Waals surface area contributed by atoms with Crippen LogP contribution in [0.15, 0.2) is 33.5 Å². The topological polar surface area (TPSA) is 85.1 Å². The molecular formula is C11H11Br2N5O. The van der Waals surface area contributed by atoms with Gasteiger partial charge in [0, 0.05) is 16.2 Å². The molecule has 0 atom stereocenters. The number of anilines is 3. The summed E-state index contributed by atoms with van der Waals surface area (Å²) in [5, 5.41) is 3.16. The summed E-state index contributed by atoms with van der Waals surface area (Å²) in [5.74, 6) is 7.19. The molecule has 0 spiro atoms. The third kappa shape index (κ3) is 3.34. The minimum absolute atomic E-state index is 0.500. The highest BCUT2D eigenvalue weighted by molar-refractivity contribution is 9.11. The second kappa shape index (κ2) is 6.18. The van der Waals surface area contributed by atoms with E-state index in [2.05, 4.69) is 52.6 Å². The Hall–Kier alpha value is -1.38. The molecule has 0 radical (unpaired) electrons. The molecule has 1 aromatic carbocycles. The van der Waals surface area contributed by atoms with Crippen LogP contribution in [-0.2, 0) is 0 Å². The van der Waals surface area contributed by atoms with Gasteiger partial charge < -0.3 is 15.5 Å². The summed E-state index contributed by atoms with van der Waals surface area (Å²) in [6.07, 6.45) is 1.41. The maximum Gasteiger partial charge on any atom is 0.159 e. The Morgan fingerprint density at radius 2 is 1.89 bits per heavy atom. The minimum Gasteiger partial charge on any atom is -0.497 e. The molecule has 2 aromatic rings. The van der Waals surface area contributed by atoms with Gasteiger partial charge in [0.2, 0.25) is 0 Å². The zero-order valence-corrected chi connectivity index (χ0v) is 13.1. The predicted octanol–water partition coefficient (Wildman–Crippen LogP) is 3.04. The van der Waals surface area contributed by atoms with Crippen LogP contribution in [0.3, 0.4) is 0 Å². The van der Waals surface area contributed by atoms with Crippen molar-refractivity contribution in [1.29, 1.82) is 0 Å². The van der Waals surface area contributed by atoms with E-state index in [1.54, 1.807) is 7.11 Å². The van der Waals surface area contributed by atoms with Crippen LogP contribution in [-0.4, -0.2) is 17.1 Å². The molecule has 6 nitrogen and oxygen atoms in total. The number of nitrogen functional groups attached to an aromatic ring is 1. The van der Waals surface area contributed by atoms with Gasteiger partial charge >= 0.3 is 0 Å². The number of aromatic nitrogens is 2. The van der Waals surface area contributed by atoms with Gasteiger partial charge in [-0.1, -0.05) is 15.9 Å². The lowest BCUT2D eigenvalue weighted by Gasteiger charge is -2.11. The number of ether oxygens (including phenoxy) is 1.